The van der Waals surface area contributed by atoms with E-state index in [1.807, 2.05) is 12.1 Å². The molecular weight excluding hydrogens is 268 g/mol. The Morgan fingerprint density at radius 2 is 1.95 bits per heavy atom. The van der Waals surface area contributed by atoms with Gasteiger partial charge in [0.1, 0.15) is 0 Å². The zero-order valence-electron chi connectivity index (χ0n) is 11.9. The van der Waals surface area contributed by atoms with E-state index in [0.29, 0.717) is 11.7 Å². The first-order chi connectivity index (χ1) is 10.1. The SMILES string of the molecule is CC(C)Cc1ccc(-c2cnnn2-c2nonc2N)cc1. The van der Waals surface area contributed by atoms with Crippen LogP contribution >= 0.6 is 0 Å². The third-order valence-electron chi connectivity index (χ3n) is 3.14. The van der Waals surface area contributed by atoms with Gasteiger partial charge >= 0.3 is 0 Å². The van der Waals surface area contributed by atoms with Gasteiger partial charge in [0, 0.05) is 5.56 Å². The molecule has 0 spiro atoms. The van der Waals surface area contributed by atoms with Gasteiger partial charge in [-0.15, -0.1) is 5.10 Å². The Morgan fingerprint density at radius 1 is 1.19 bits per heavy atom. The Bertz CT molecular complexity index is 728. The van der Waals surface area contributed by atoms with Gasteiger partial charge < -0.3 is 5.73 Å². The highest BCUT2D eigenvalue weighted by molar-refractivity contribution is 5.62. The fraction of sp³-hybridized carbons (Fsp3) is 0.286. The minimum absolute atomic E-state index is 0.179. The van der Waals surface area contributed by atoms with Crippen molar-refractivity contribution in [1.29, 1.82) is 0 Å². The number of hydrogen-bond donors (Lipinski definition) is 1. The topological polar surface area (TPSA) is 95.6 Å². The van der Waals surface area contributed by atoms with Crippen LogP contribution in [0.1, 0.15) is 19.4 Å². The summed E-state index contributed by atoms with van der Waals surface area (Å²) in [5.41, 5.74) is 8.77. The minimum atomic E-state index is 0.179. The van der Waals surface area contributed by atoms with E-state index in [2.05, 4.69) is 51.2 Å². The van der Waals surface area contributed by atoms with Gasteiger partial charge in [-0.3, -0.25) is 0 Å². The second kappa shape index (κ2) is 5.35. The number of nitrogens with zero attached hydrogens (tertiary/aromatic N) is 5. The van der Waals surface area contributed by atoms with Crippen LogP contribution in [0.15, 0.2) is 35.1 Å². The van der Waals surface area contributed by atoms with Gasteiger partial charge in [0.05, 0.1) is 11.9 Å². The molecule has 0 atom stereocenters. The summed E-state index contributed by atoms with van der Waals surface area (Å²) in [6, 6.07) is 8.29. The smallest absolute Gasteiger partial charge is 0.243 e. The van der Waals surface area contributed by atoms with Crippen LogP contribution in [0.2, 0.25) is 0 Å². The molecule has 2 heterocycles. The molecular formula is C14H16N6O. The van der Waals surface area contributed by atoms with Crippen LogP contribution in [0.4, 0.5) is 5.82 Å². The number of nitrogens with two attached hydrogens (primary N) is 1. The van der Waals surface area contributed by atoms with Crippen LogP contribution in [0.25, 0.3) is 17.1 Å². The predicted octanol–water partition coefficient (Wildman–Crippen LogP) is 2.10. The molecule has 0 bridgehead atoms. The highest BCUT2D eigenvalue weighted by Gasteiger charge is 2.15. The van der Waals surface area contributed by atoms with Gasteiger partial charge in [0.25, 0.3) is 0 Å². The van der Waals surface area contributed by atoms with E-state index in [0.717, 1.165) is 17.7 Å². The molecule has 0 aliphatic rings. The van der Waals surface area contributed by atoms with Crippen molar-refractivity contribution in [2.45, 2.75) is 20.3 Å². The molecule has 2 aromatic heterocycles. The predicted molar refractivity (Wildman–Crippen MR) is 77.6 cm³/mol. The van der Waals surface area contributed by atoms with E-state index < -0.39 is 0 Å². The van der Waals surface area contributed by atoms with E-state index in [-0.39, 0.29) is 5.82 Å². The number of hydrogen-bond acceptors (Lipinski definition) is 6. The molecule has 3 rings (SSSR count). The van der Waals surface area contributed by atoms with Gasteiger partial charge in [-0.2, -0.15) is 4.68 Å². The quantitative estimate of drug-likeness (QED) is 0.788. The van der Waals surface area contributed by atoms with Crippen molar-refractivity contribution in [2.75, 3.05) is 5.73 Å². The molecule has 108 valence electrons. The third-order valence-corrected chi connectivity index (χ3v) is 3.14. The summed E-state index contributed by atoms with van der Waals surface area (Å²) in [4.78, 5) is 0. The monoisotopic (exact) mass is 284 g/mol. The normalized spacial score (nSPS) is 11.2. The van der Waals surface area contributed by atoms with E-state index >= 15 is 0 Å². The summed E-state index contributed by atoms with van der Waals surface area (Å²) < 4.78 is 6.13. The summed E-state index contributed by atoms with van der Waals surface area (Å²) >= 11 is 0. The number of nitrogen functional groups attached to an aromatic ring is 1. The lowest BCUT2D eigenvalue weighted by Gasteiger charge is -2.07. The van der Waals surface area contributed by atoms with Crippen LogP contribution in [-0.2, 0) is 6.42 Å². The Morgan fingerprint density at radius 3 is 2.57 bits per heavy atom. The Labute approximate surface area is 121 Å². The van der Waals surface area contributed by atoms with E-state index in [9.17, 15) is 0 Å². The van der Waals surface area contributed by atoms with Gasteiger partial charge in [0.2, 0.25) is 11.6 Å². The van der Waals surface area contributed by atoms with Gasteiger partial charge in [-0.25, -0.2) is 4.63 Å². The average Bonchev–Trinajstić information content (AvgIpc) is 3.07. The molecule has 7 heteroatoms. The van der Waals surface area contributed by atoms with Gasteiger partial charge in [-0.05, 0) is 28.2 Å². The molecule has 7 nitrogen and oxygen atoms in total. The summed E-state index contributed by atoms with van der Waals surface area (Å²) in [5, 5.41) is 15.2. The summed E-state index contributed by atoms with van der Waals surface area (Å²) in [7, 11) is 0. The van der Waals surface area contributed by atoms with Crippen molar-refractivity contribution in [3.05, 3.63) is 36.0 Å². The maximum absolute atomic E-state index is 5.70. The first kappa shape index (κ1) is 13.3. The molecule has 0 aliphatic carbocycles. The van der Waals surface area contributed by atoms with Crippen molar-refractivity contribution in [2.24, 2.45) is 5.92 Å². The van der Waals surface area contributed by atoms with Crippen LogP contribution in [-0.4, -0.2) is 25.3 Å². The zero-order valence-corrected chi connectivity index (χ0v) is 11.9. The summed E-state index contributed by atoms with van der Waals surface area (Å²) in [6.45, 7) is 4.40. The molecule has 0 radical (unpaired) electrons. The number of rotatable bonds is 4. The van der Waals surface area contributed by atoms with Crippen molar-refractivity contribution in [1.82, 2.24) is 25.3 Å². The van der Waals surface area contributed by atoms with Crippen LogP contribution in [0.5, 0.6) is 0 Å². The van der Waals surface area contributed by atoms with Crippen molar-refractivity contribution < 1.29 is 4.63 Å². The van der Waals surface area contributed by atoms with Crippen molar-refractivity contribution >= 4 is 5.82 Å². The highest BCUT2D eigenvalue weighted by Crippen LogP contribution is 2.23. The molecule has 0 unspecified atom stereocenters. The molecule has 0 saturated carbocycles. The minimum Gasteiger partial charge on any atom is -0.378 e. The fourth-order valence-electron chi connectivity index (χ4n) is 2.21. The number of aromatic nitrogens is 5. The first-order valence-corrected chi connectivity index (χ1v) is 6.73. The Kier molecular flexibility index (Phi) is 3.39. The molecule has 2 N–H and O–H groups in total. The van der Waals surface area contributed by atoms with E-state index in [1.54, 1.807) is 6.20 Å². The van der Waals surface area contributed by atoms with Gasteiger partial charge in [0.15, 0.2) is 0 Å². The second-order valence-electron chi connectivity index (χ2n) is 5.30. The maximum Gasteiger partial charge on any atom is 0.243 e. The molecule has 0 fully saturated rings. The van der Waals surface area contributed by atoms with Gasteiger partial charge in [-0.1, -0.05) is 43.3 Å². The van der Waals surface area contributed by atoms with Crippen molar-refractivity contribution in [3.8, 4) is 17.1 Å². The molecule has 0 aliphatic heterocycles. The molecule has 0 saturated heterocycles. The number of benzene rings is 1. The molecule has 1 aromatic carbocycles. The molecule has 21 heavy (non-hydrogen) atoms. The Hall–Kier alpha value is -2.70. The van der Waals surface area contributed by atoms with E-state index in [1.165, 1.54) is 10.2 Å². The lowest BCUT2D eigenvalue weighted by Crippen LogP contribution is -2.03. The maximum atomic E-state index is 5.70. The van der Waals surface area contributed by atoms with E-state index in [4.69, 9.17) is 5.73 Å². The van der Waals surface area contributed by atoms with Crippen LogP contribution < -0.4 is 5.73 Å². The summed E-state index contributed by atoms with van der Waals surface area (Å²) in [5.74, 6) is 1.15. The second-order valence-corrected chi connectivity index (χ2v) is 5.30. The molecule has 3 aromatic rings. The lowest BCUT2D eigenvalue weighted by atomic mass is 10.0. The Balaban J connectivity index is 1.95. The first-order valence-electron chi connectivity index (χ1n) is 6.73. The molecule has 0 amide bonds. The van der Waals surface area contributed by atoms with Crippen LogP contribution in [0, 0.1) is 5.92 Å². The standard InChI is InChI=1S/C14H16N6O/c1-9(2)7-10-3-5-11(6-4-10)12-8-16-19-20(12)14-13(15)17-21-18-14/h3-6,8-9H,7H2,1-2H3,(H2,15,17). The largest absolute Gasteiger partial charge is 0.378 e. The average molecular weight is 284 g/mol. The van der Waals surface area contributed by atoms with Crippen molar-refractivity contribution in [3.63, 3.8) is 0 Å². The number of anilines is 1. The summed E-state index contributed by atoms with van der Waals surface area (Å²) in [6.07, 6.45) is 2.71. The lowest BCUT2D eigenvalue weighted by molar-refractivity contribution is 0.307. The zero-order chi connectivity index (χ0) is 14.8. The fourth-order valence-corrected chi connectivity index (χ4v) is 2.21. The third kappa shape index (κ3) is 2.62. The van der Waals surface area contributed by atoms with Crippen LogP contribution in [0.3, 0.4) is 0 Å². The highest BCUT2D eigenvalue weighted by atomic mass is 16.6.